The molecule has 31 heavy (non-hydrogen) atoms. The number of hydrogen-bond acceptors (Lipinski definition) is 5. The molecule has 0 aliphatic heterocycles. The van der Waals surface area contributed by atoms with Gasteiger partial charge in [-0.25, -0.2) is 0 Å². The molecule has 0 saturated carbocycles. The molecule has 0 spiro atoms. The third-order valence-corrected chi connectivity index (χ3v) is 5.65. The van der Waals surface area contributed by atoms with Gasteiger partial charge in [0.05, 0.1) is 5.25 Å². The Kier molecular flexibility index (Phi) is 7.46. The van der Waals surface area contributed by atoms with E-state index in [-0.39, 0.29) is 17.1 Å². The molecule has 1 heterocycles. The molecule has 3 rings (SSSR count). The molecule has 0 aliphatic rings. The van der Waals surface area contributed by atoms with E-state index in [2.05, 4.69) is 51.4 Å². The average Bonchev–Trinajstić information content (AvgIpc) is 3.11. The highest BCUT2D eigenvalue weighted by Gasteiger charge is 2.21. The van der Waals surface area contributed by atoms with E-state index in [0.29, 0.717) is 11.4 Å². The number of carbonyl (C=O) groups excluding carboxylic acids is 2. The number of amides is 2. The quantitative estimate of drug-likeness (QED) is 0.497. The maximum Gasteiger partial charge on any atom is 0.237 e. The van der Waals surface area contributed by atoms with Gasteiger partial charge in [-0.3, -0.25) is 9.59 Å². The summed E-state index contributed by atoms with van der Waals surface area (Å²) in [4.78, 5) is 23.8. The van der Waals surface area contributed by atoms with Gasteiger partial charge in [-0.1, -0.05) is 42.4 Å². The minimum absolute atomic E-state index is 0.125. The van der Waals surface area contributed by atoms with E-state index in [9.17, 15) is 9.59 Å². The van der Waals surface area contributed by atoms with Crippen molar-refractivity contribution in [3.05, 3.63) is 54.1 Å². The molecule has 0 bridgehead atoms. The second kappa shape index (κ2) is 10.3. The fourth-order valence-corrected chi connectivity index (χ4v) is 3.97. The minimum atomic E-state index is -0.361. The van der Waals surface area contributed by atoms with Gasteiger partial charge in [-0.15, -0.1) is 10.2 Å². The van der Waals surface area contributed by atoms with E-state index >= 15 is 0 Å². The van der Waals surface area contributed by atoms with Crippen LogP contribution in [0.4, 0.5) is 11.4 Å². The number of hydrogen-bond donors (Lipinski definition) is 2. The Hall–Kier alpha value is -3.13. The van der Waals surface area contributed by atoms with Crippen molar-refractivity contribution in [2.75, 3.05) is 10.6 Å². The molecule has 0 aliphatic carbocycles. The Bertz CT molecular complexity index is 1060. The zero-order chi connectivity index (χ0) is 22.4. The molecular formula is C23H27N5O2S. The number of aromatic nitrogens is 3. The summed E-state index contributed by atoms with van der Waals surface area (Å²) in [5.74, 6) is 0.553. The zero-order valence-corrected chi connectivity index (χ0v) is 19.0. The number of nitrogens with zero attached hydrogens (tertiary/aromatic N) is 3. The first-order valence-corrected chi connectivity index (χ1v) is 11.1. The van der Waals surface area contributed by atoms with Crippen LogP contribution in [-0.4, -0.2) is 31.8 Å². The Morgan fingerprint density at radius 2 is 1.74 bits per heavy atom. The van der Waals surface area contributed by atoms with Crippen molar-refractivity contribution in [1.82, 2.24) is 14.8 Å². The molecule has 0 fully saturated rings. The van der Waals surface area contributed by atoms with Crippen LogP contribution in [0, 0.1) is 6.92 Å². The first-order valence-electron chi connectivity index (χ1n) is 10.2. The van der Waals surface area contributed by atoms with E-state index in [1.165, 1.54) is 18.7 Å². The maximum atomic E-state index is 12.7. The van der Waals surface area contributed by atoms with Gasteiger partial charge < -0.3 is 15.2 Å². The van der Waals surface area contributed by atoms with Crippen LogP contribution >= 0.6 is 11.8 Å². The second-order valence-corrected chi connectivity index (χ2v) is 8.64. The highest BCUT2D eigenvalue weighted by atomic mass is 32.2. The molecule has 0 saturated heterocycles. The second-order valence-electron chi connectivity index (χ2n) is 7.34. The number of anilines is 2. The van der Waals surface area contributed by atoms with Gasteiger partial charge in [-0.2, -0.15) is 0 Å². The highest BCUT2D eigenvalue weighted by Crippen LogP contribution is 2.28. The largest absolute Gasteiger partial charge is 0.326 e. The lowest BCUT2D eigenvalue weighted by molar-refractivity contribution is -0.115. The number of benzene rings is 2. The van der Waals surface area contributed by atoms with Crippen LogP contribution in [0.25, 0.3) is 11.4 Å². The van der Waals surface area contributed by atoms with Gasteiger partial charge >= 0.3 is 0 Å². The molecule has 8 heteroatoms. The lowest BCUT2D eigenvalue weighted by Gasteiger charge is -2.14. The van der Waals surface area contributed by atoms with Gasteiger partial charge in [-0.05, 0) is 50.6 Å². The smallest absolute Gasteiger partial charge is 0.237 e. The molecule has 2 N–H and O–H groups in total. The fourth-order valence-electron chi connectivity index (χ4n) is 3.09. The molecule has 3 aromatic rings. The van der Waals surface area contributed by atoms with E-state index in [1.54, 1.807) is 24.3 Å². The SMILES string of the molecule is CCCn1c(SC(C)C(=O)Nc2ccc(NC(C)=O)cc2)nnc1-c1cccc(C)c1. The summed E-state index contributed by atoms with van der Waals surface area (Å²) in [6.07, 6.45) is 0.936. The monoisotopic (exact) mass is 437 g/mol. The number of aryl methyl sites for hydroxylation is 1. The van der Waals surface area contributed by atoms with Gasteiger partial charge in [0, 0.05) is 30.4 Å². The maximum absolute atomic E-state index is 12.7. The molecule has 1 aromatic heterocycles. The minimum Gasteiger partial charge on any atom is -0.326 e. The van der Waals surface area contributed by atoms with Crippen molar-refractivity contribution < 1.29 is 9.59 Å². The highest BCUT2D eigenvalue weighted by molar-refractivity contribution is 8.00. The van der Waals surface area contributed by atoms with Gasteiger partial charge in [0.1, 0.15) is 0 Å². The zero-order valence-electron chi connectivity index (χ0n) is 18.2. The van der Waals surface area contributed by atoms with Crippen molar-refractivity contribution in [3.8, 4) is 11.4 Å². The summed E-state index contributed by atoms with van der Waals surface area (Å²) in [5, 5.41) is 14.7. The predicted octanol–water partition coefficient (Wildman–Crippen LogP) is 4.74. The molecule has 162 valence electrons. The fraction of sp³-hybridized carbons (Fsp3) is 0.304. The van der Waals surface area contributed by atoms with Crippen LogP contribution in [0.5, 0.6) is 0 Å². The van der Waals surface area contributed by atoms with E-state index in [1.807, 2.05) is 19.1 Å². The number of carbonyl (C=O) groups is 2. The summed E-state index contributed by atoms with van der Waals surface area (Å²) in [6, 6.07) is 15.2. The number of thioether (sulfide) groups is 1. The van der Waals surface area contributed by atoms with Crippen molar-refractivity contribution in [1.29, 1.82) is 0 Å². The molecule has 1 unspecified atom stereocenters. The Morgan fingerprint density at radius 3 is 2.35 bits per heavy atom. The normalized spacial score (nSPS) is 11.7. The standard InChI is InChI=1S/C23H27N5O2S/c1-5-13-28-21(18-8-6-7-15(2)14-18)26-27-23(28)31-16(3)22(30)25-20-11-9-19(10-12-20)24-17(4)29/h6-12,14,16H,5,13H2,1-4H3,(H,24,29)(H,25,30). The Morgan fingerprint density at radius 1 is 1.06 bits per heavy atom. The van der Waals surface area contributed by atoms with E-state index < -0.39 is 0 Å². The van der Waals surface area contributed by atoms with Gasteiger partial charge in [0.2, 0.25) is 11.8 Å². The number of rotatable bonds is 8. The predicted molar refractivity (Wildman–Crippen MR) is 125 cm³/mol. The summed E-state index contributed by atoms with van der Waals surface area (Å²) in [6.45, 7) is 8.24. The van der Waals surface area contributed by atoms with Crippen LogP contribution in [0.1, 0.15) is 32.8 Å². The Labute approximate surface area is 186 Å². The van der Waals surface area contributed by atoms with Gasteiger partial charge in [0.15, 0.2) is 11.0 Å². The van der Waals surface area contributed by atoms with Crippen LogP contribution in [0.15, 0.2) is 53.7 Å². The van der Waals surface area contributed by atoms with Crippen LogP contribution in [0.2, 0.25) is 0 Å². The molecule has 2 aromatic carbocycles. The molecular weight excluding hydrogens is 410 g/mol. The van der Waals surface area contributed by atoms with Crippen LogP contribution in [-0.2, 0) is 16.1 Å². The van der Waals surface area contributed by atoms with Crippen molar-refractivity contribution in [2.24, 2.45) is 0 Å². The van der Waals surface area contributed by atoms with Crippen LogP contribution in [0.3, 0.4) is 0 Å². The molecule has 7 nitrogen and oxygen atoms in total. The number of nitrogens with one attached hydrogen (secondary N) is 2. The van der Waals surface area contributed by atoms with Crippen molar-refractivity contribution in [3.63, 3.8) is 0 Å². The third kappa shape index (κ3) is 5.95. The van der Waals surface area contributed by atoms with E-state index in [0.717, 1.165) is 35.1 Å². The molecule has 0 radical (unpaired) electrons. The lowest BCUT2D eigenvalue weighted by atomic mass is 10.1. The Balaban J connectivity index is 1.71. The first kappa shape index (κ1) is 22.6. The van der Waals surface area contributed by atoms with Crippen molar-refractivity contribution >= 4 is 35.0 Å². The van der Waals surface area contributed by atoms with E-state index in [4.69, 9.17) is 0 Å². The lowest BCUT2D eigenvalue weighted by Crippen LogP contribution is -2.23. The van der Waals surface area contributed by atoms with Crippen LogP contribution < -0.4 is 10.6 Å². The summed E-state index contributed by atoms with van der Waals surface area (Å²) in [7, 11) is 0. The topological polar surface area (TPSA) is 88.9 Å². The average molecular weight is 438 g/mol. The van der Waals surface area contributed by atoms with Gasteiger partial charge in [0.25, 0.3) is 0 Å². The summed E-state index contributed by atoms with van der Waals surface area (Å²) < 4.78 is 2.07. The molecule has 2 amide bonds. The van der Waals surface area contributed by atoms with Crippen molar-refractivity contribution in [2.45, 2.75) is 51.1 Å². The summed E-state index contributed by atoms with van der Waals surface area (Å²) in [5.41, 5.74) is 3.53. The summed E-state index contributed by atoms with van der Waals surface area (Å²) >= 11 is 1.39. The third-order valence-electron chi connectivity index (χ3n) is 4.56. The molecule has 1 atom stereocenters. The first-order chi connectivity index (χ1) is 14.9.